The number of carbonyl (C=O) groups excluding carboxylic acids is 1. The molecule has 0 spiro atoms. The van der Waals surface area contributed by atoms with Crippen LogP contribution in [-0.2, 0) is 11.3 Å². The molecule has 66 valence electrons. The van der Waals surface area contributed by atoms with Crippen LogP contribution < -0.4 is 5.56 Å². The first-order valence-corrected chi connectivity index (χ1v) is 4.57. The van der Waals surface area contributed by atoms with Crippen LogP contribution >= 0.6 is 11.3 Å². The third kappa shape index (κ3) is 1.27. The molecule has 0 saturated carbocycles. The number of hydrogen-bond donors (Lipinski definition) is 0. The largest absolute Gasteiger partial charge is 0.301 e. The van der Waals surface area contributed by atoms with E-state index in [9.17, 15) is 9.59 Å². The van der Waals surface area contributed by atoms with E-state index in [1.54, 1.807) is 6.07 Å². The molecule has 0 saturated heterocycles. The summed E-state index contributed by atoms with van der Waals surface area (Å²) in [7, 11) is 0. The van der Waals surface area contributed by atoms with Crippen LogP contribution in [0.25, 0.3) is 10.2 Å². The van der Waals surface area contributed by atoms with Crippen molar-refractivity contribution >= 4 is 27.8 Å². The van der Waals surface area contributed by atoms with E-state index < -0.39 is 0 Å². The average molecular weight is 194 g/mol. The van der Waals surface area contributed by atoms with Crippen molar-refractivity contribution in [3.8, 4) is 0 Å². The predicted molar refractivity (Wildman–Crippen MR) is 49.9 cm³/mol. The number of aldehydes is 1. The lowest BCUT2D eigenvalue weighted by atomic mass is 10.5. The van der Waals surface area contributed by atoms with Crippen LogP contribution in [0.4, 0.5) is 0 Å². The molecule has 0 aliphatic rings. The highest BCUT2D eigenvalue weighted by molar-refractivity contribution is 7.17. The van der Waals surface area contributed by atoms with Crippen molar-refractivity contribution in [2.75, 3.05) is 0 Å². The summed E-state index contributed by atoms with van der Waals surface area (Å²) < 4.78 is 1.90. The standard InChI is InChI=1S/C8H6N2O2S/c11-3-2-10-5-9-6-1-4-13-7(6)8(10)12/h1,3-5H,2H2. The Morgan fingerprint density at radius 1 is 1.62 bits per heavy atom. The van der Waals surface area contributed by atoms with E-state index in [1.165, 1.54) is 22.2 Å². The Hall–Kier alpha value is -1.49. The molecule has 0 N–H and O–H groups in total. The van der Waals surface area contributed by atoms with Gasteiger partial charge in [0, 0.05) is 0 Å². The Balaban J connectivity index is 2.73. The van der Waals surface area contributed by atoms with Gasteiger partial charge >= 0.3 is 0 Å². The van der Waals surface area contributed by atoms with Gasteiger partial charge in [-0.15, -0.1) is 11.3 Å². The van der Waals surface area contributed by atoms with Gasteiger partial charge in [-0.3, -0.25) is 9.36 Å². The maximum absolute atomic E-state index is 11.6. The molecule has 0 aliphatic carbocycles. The van der Waals surface area contributed by atoms with Crippen LogP contribution in [0.1, 0.15) is 0 Å². The summed E-state index contributed by atoms with van der Waals surface area (Å²) in [6.45, 7) is 0.0691. The first-order chi connectivity index (χ1) is 6.33. The van der Waals surface area contributed by atoms with Gasteiger partial charge in [0.1, 0.15) is 11.0 Å². The molecule has 2 aromatic rings. The number of fused-ring (bicyclic) bond motifs is 1. The van der Waals surface area contributed by atoms with E-state index in [0.29, 0.717) is 16.5 Å². The van der Waals surface area contributed by atoms with Gasteiger partial charge in [0.15, 0.2) is 0 Å². The van der Waals surface area contributed by atoms with Crippen LogP contribution in [0.15, 0.2) is 22.6 Å². The second-order valence-electron chi connectivity index (χ2n) is 2.50. The molecule has 2 heterocycles. The van der Waals surface area contributed by atoms with Crippen LogP contribution in [0.5, 0.6) is 0 Å². The van der Waals surface area contributed by atoms with E-state index in [4.69, 9.17) is 0 Å². The normalized spacial score (nSPS) is 10.5. The SMILES string of the molecule is O=CCn1cnc2ccsc2c1=O. The van der Waals surface area contributed by atoms with Crippen LogP contribution in [0, 0.1) is 0 Å². The van der Waals surface area contributed by atoms with Crippen molar-refractivity contribution in [3.05, 3.63) is 28.1 Å². The Bertz CT molecular complexity index is 500. The van der Waals surface area contributed by atoms with Crippen LogP contribution in [-0.4, -0.2) is 15.8 Å². The Morgan fingerprint density at radius 3 is 3.23 bits per heavy atom. The monoisotopic (exact) mass is 194 g/mol. The summed E-state index contributed by atoms with van der Waals surface area (Å²) in [4.78, 5) is 25.8. The van der Waals surface area contributed by atoms with E-state index >= 15 is 0 Å². The number of rotatable bonds is 2. The molecule has 0 amide bonds. The van der Waals surface area contributed by atoms with Crippen molar-refractivity contribution in [2.24, 2.45) is 0 Å². The van der Waals surface area contributed by atoms with Crippen molar-refractivity contribution in [3.63, 3.8) is 0 Å². The molecule has 5 heteroatoms. The van der Waals surface area contributed by atoms with E-state index in [2.05, 4.69) is 4.98 Å². The average Bonchev–Trinajstić information content (AvgIpc) is 2.58. The molecular weight excluding hydrogens is 188 g/mol. The minimum Gasteiger partial charge on any atom is -0.301 e. The number of nitrogens with zero attached hydrogens (tertiary/aromatic N) is 2. The topological polar surface area (TPSA) is 52.0 Å². The molecule has 0 radical (unpaired) electrons. The van der Waals surface area contributed by atoms with Gasteiger partial charge < -0.3 is 4.79 Å². The molecule has 0 aromatic carbocycles. The zero-order chi connectivity index (χ0) is 9.26. The van der Waals surface area contributed by atoms with Crippen molar-refractivity contribution in [2.45, 2.75) is 6.54 Å². The number of aromatic nitrogens is 2. The summed E-state index contributed by atoms with van der Waals surface area (Å²) in [6.07, 6.45) is 2.08. The Kier molecular flexibility index (Phi) is 1.94. The van der Waals surface area contributed by atoms with Crippen molar-refractivity contribution in [1.29, 1.82) is 0 Å². The molecular formula is C8H6N2O2S. The van der Waals surface area contributed by atoms with Gasteiger partial charge in [-0.05, 0) is 11.4 Å². The van der Waals surface area contributed by atoms with Gasteiger partial charge in [-0.2, -0.15) is 0 Å². The molecule has 0 fully saturated rings. The molecule has 0 unspecified atom stereocenters. The minimum atomic E-state index is -0.146. The second kappa shape index (κ2) is 3.10. The van der Waals surface area contributed by atoms with Crippen molar-refractivity contribution < 1.29 is 4.79 Å². The van der Waals surface area contributed by atoms with Gasteiger partial charge in [0.25, 0.3) is 5.56 Å². The molecule has 0 aliphatic heterocycles. The smallest absolute Gasteiger partial charge is 0.271 e. The van der Waals surface area contributed by atoms with E-state index in [1.807, 2.05) is 5.38 Å². The third-order valence-electron chi connectivity index (χ3n) is 1.71. The first kappa shape index (κ1) is 8.12. The fourth-order valence-corrected chi connectivity index (χ4v) is 1.88. The first-order valence-electron chi connectivity index (χ1n) is 3.69. The maximum atomic E-state index is 11.6. The summed E-state index contributed by atoms with van der Waals surface area (Å²) >= 11 is 1.34. The third-order valence-corrected chi connectivity index (χ3v) is 2.60. The van der Waals surface area contributed by atoms with E-state index in [0.717, 1.165) is 0 Å². The van der Waals surface area contributed by atoms with Crippen LogP contribution in [0.2, 0.25) is 0 Å². The highest BCUT2D eigenvalue weighted by atomic mass is 32.1. The van der Waals surface area contributed by atoms with Gasteiger partial charge in [0.05, 0.1) is 18.4 Å². The minimum absolute atomic E-state index is 0.0691. The summed E-state index contributed by atoms with van der Waals surface area (Å²) in [5, 5.41) is 1.81. The number of carbonyl (C=O) groups is 1. The van der Waals surface area contributed by atoms with Gasteiger partial charge in [-0.25, -0.2) is 4.98 Å². The van der Waals surface area contributed by atoms with Crippen LogP contribution in [0.3, 0.4) is 0 Å². The molecule has 2 rings (SSSR count). The zero-order valence-electron chi connectivity index (χ0n) is 6.64. The molecule has 0 bridgehead atoms. The zero-order valence-corrected chi connectivity index (χ0v) is 7.45. The lowest BCUT2D eigenvalue weighted by Crippen LogP contribution is -2.20. The van der Waals surface area contributed by atoms with Gasteiger partial charge in [0.2, 0.25) is 0 Å². The molecule has 0 atom stereocenters. The predicted octanol–water partition coefficient (Wildman–Crippen LogP) is 0.657. The number of thiophene rings is 1. The van der Waals surface area contributed by atoms with Crippen molar-refractivity contribution in [1.82, 2.24) is 9.55 Å². The molecule has 13 heavy (non-hydrogen) atoms. The Labute approximate surface area is 77.5 Å². The molecule has 4 nitrogen and oxygen atoms in total. The maximum Gasteiger partial charge on any atom is 0.271 e. The second-order valence-corrected chi connectivity index (χ2v) is 3.42. The lowest BCUT2D eigenvalue weighted by molar-refractivity contribution is -0.108. The molecule has 2 aromatic heterocycles. The lowest BCUT2D eigenvalue weighted by Gasteiger charge is -1.97. The summed E-state index contributed by atoms with van der Waals surface area (Å²) in [5.74, 6) is 0. The quantitative estimate of drug-likeness (QED) is 0.660. The van der Waals surface area contributed by atoms with Gasteiger partial charge in [-0.1, -0.05) is 0 Å². The summed E-state index contributed by atoms with van der Waals surface area (Å²) in [5.41, 5.74) is 0.546. The Morgan fingerprint density at radius 2 is 2.46 bits per heavy atom. The highest BCUT2D eigenvalue weighted by Gasteiger charge is 2.03. The van der Waals surface area contributed by atoms with E-state index in [-0.39, 0.29) is 12.1 Å². The fourth-order valence-electron chi connectivity index (χ4n) is 1.09. The number of hydrogen-bond acceptors (Lipinski definition) is 4. The highest BCUT2D eigenvalue weighted by Crippen LogP contribution is 2.12. The summed E-state index contributed by atoms with van der Waals surface area (Å²) in [6, 6.07) is 1.78. The fraction of sp³-hybridized carbons (Fsp3) is 0.125.